The Balaban J connectivity index is 0.00000274. The van der Waals surface area contributed by atoms with Crippen molar-refractivity contribution in [1.29, 1.82) is 5.26 Å². The molecule has 0 radical (unpaired) electrons. The van der Waals surface area contributed by atoms with Gasteiger partial charge in [-0.25, -0.2) is 13.6 Å². The largest absolute Gasteiger partial charge is 0.482 e. The summed E-state index contributed by atoms with van der Waals surface area (Å²) < 4.78 is 23.1. The monoisotopic (exact) mass is 482 g/mol. The first-order valence-electron chi connectivity index (χ1n) is 10.9. The Bertz CT molecular complexity index is 1340. The molecule has 0 bridgehead atoms. The number of halogens is 2. The summed E-state index contributed by atoms with van der Waals surface area (Å²) in [5, 5.41) is 26.2. The van der Waals surface area contributed by atoms with Gasteiger partial charge in [0.15, 0.2) is 0 Å². The number of fused-ring (bicyclic) bond motifs is 1. The van der Waals surface area contributed by atoms with Crippen LogP contribution in [-0.4, -0.2) is 42.7 Å². The number of nitriles is 1. The molecule has 11 heteroatoms. The van der Waals surface area contributed by atoms with E-state index in [2.05, 4.69) is 31.8 Å². The molecule has 176 valence electrons. The summed E-state index contributed by atoms with van der Waals surface area (Å²) in [6.45, 7) is 5.76. The molecule has 0 saturated carbocycles. The van der Waals surface area contributed by atoms with Crippen LogP contribution in [0.25, 0.3) is 16.8 Å². The van der Waals surface area contributed by atoms with E-state index < -0.39 is 11.9 Å². The van der Waals surface area contributed by atoms with Crippen LogP contribution in [0.1, 0.15) is 48.9 Å². The molecule has 1 aliphatic rings. The molecule has 4 aromatic heterocycles. The highest BCUT2D eigenvalue weighted by atomic mass is 35.5. The lowest BCUT2D eigenvalue weighted by Crippen LogP contribution is -2.30. The van der Waals surface area contributed by atoms with Crippen LogP contribution in [0.3, 0.4) is 0 Å². The van der Waals surface area contributed by atoms with Crippen LogP contribution in [0.5, 0.6) is 5.75 Å². The Morgan fingerprint density at radius 1 is 1.26 bits per heavy atom. The predicted octanol–water partition coefficient (Wildman–Crippen LogP) is 3.79. The van der Waals surface area contributed by atoms with Crippen LogP contribution in [0, 0.1) is 24.1 Å². The quantitative estimate of drug-likeness (QED) is 0.461. The molecule has 4 aromatic rings. The van der Waals surface area contributed by atoms with E-state index in [1.54, 1.807) is 10.6 Å². The van der Waals surface area contributed by atoms with Crippen molar-refractivity contribution in [3.63, 3.8) is 0 Å². The van der Waals surface area contributed by atoms with Crippen molar-refractivity contribution in [2.75, 3.05) is 13.1 Å². The third-order valence-electron chi connectivity index (χ3n) is 6.02. The minimum Gasteiger partial charge on any atom is -0.482 e. The van der Waals surface area contributed by atoms with Crippen molar-refractivity contribution in [1.82, 2.24) is 34.9 Å². The summed E-state index contributed by atoms with van der Waals surface area (Å²) in [6, 6.07) is 7.25. The lowest BCUT2D eigenvalue weighted by molar-refractivity contribution is 0.223. The highest BCUT2D eigenvalue weighted by molar-refractivity contribution is 5.85. The first-order valence-corrected chi connectivity index (χ1v) is 10.9. The molecule has 0 amide bonds. The molecule has 0 unspecified atom stereocenters. The molecule has 1 aliphatic heterocycles. The average molecular weight is 483 g/mol. The maximum Gasteiger partial charge on any atom is 0.148 e. The fraction of sp³-hybridized carbons (Fsp3) is 0.348. The van der Waals surface area contributed by atoms with E-state index in [1.807, 2.05) is 30.8 Å². The van der Waals surface area contributed by atoms with Gasteiger partial charge in [-0.3, -0.25) is 4.98 Å². The zero-order valence-corrected chi connectivity index (χ0v) is 19.6. The van der Waals surface area contributed by atoms with Gasteiger partial charge in [-0.15, -0.1) is 17.5 Å². The fourth-order valence-corrected chi connectivity index (χ4v) is 4.27. The smallest absolute Gasteiger partial charge is 0.148 e. The fourth-order valence-electron chi connectivity index (χ4n) is 4.27. The molecule has 1 atom stereocenters. The number of nitrogens with one attached hydrogen (secondary N) is 1. The Morgan fingerprint density at radius 3 is 2.76 bits per heavy atom. The average Bonchev–Trinajstić information content (AvgIpc) is 3.43. The van der Waals surface area contributed by atoms with Crippen molar-refractivity contribution in [3.05, 3.63) is 59.6 Å². The standard InChI is InChI=1S/C23H23FN8O.ClH/c1-14-22(29-30-32(14)19-5-7-26-8-6-19)16-9-21(23-17(10-25)11-28-31(23)13-16)33-15(2)20-4-3-18(24)12-27-20;/h3-4,9,11-13,15,19,26H,5-8H2,1-2H3;1H/t15-;/m1./s1. The topological polar surface area (TPSA) is 106 Å². The Hall–Kier alpha value is -3.55. The van der Waals surface area contributed by atoms with Gasteiger partial charge in [-0.1, -0.05) is 5.21 Å². The Kier molecular flexibility index (Phi) is 6.77. The minimum atomic E-state index is -0.474. The van der Waals surface area contributed by atoms with E-state index in [4.69, 9.17) is 4.74 Å². The van der Waals surface area contributed by atoms with Gasteiger partial charge in [0.25, 0.3) is 0 Å². The second-order valence-electron chi connectivity index (χ2n) is 8.17. The summed E-state index contributed by atoms with van der Waals surface area (Å²) in [4.78, 5) is 4.12. The first-order chi connectivity index (χ1) is 16.0. The van der Waals surface area contributed by atoms with Gasteiger partial charge < -0.3 is 10.1 Å². The normalized spacial score (nSPS) is 15.0. The summed E-state index contributed by atoms with van der Waals surface area (Å²) in [5.74, 6) is 0.0567. The third-order valence-corrected chi connectivity index (χ3v) is 6.02. The van der Waals surface area contributed by atoms with Crippen molar-refractivity contribution in [2.24, 2.45) is 0 Å². The van der Waals surface area contributed by atoms with Gasteiger partial charge in [0.05, 0.1) is 29.8 Å². The zero-order chi connectivity index (χ0) is 22.9. The van der Waals surface area contributed by atoms with Crippen LogP contribution in [0.15, 0.2) is 36.8 Å². The maximum absolute atomic E-state index is 13.3. The summed E-state index contributed by atoms with van der Waals surface area (Å²) in [5.41, 5.74) is 4.01. The van der Waals surface area contributed by atoms with Gasteiger partial charge in [0.2, 0.25) is 0 Å². The van der Waals surface area contributed by atoms with Crippen LogP contribution >= 0.6 is 12.4 Å². The summed E-state index contributed by atoms with van der Waals surface area (Å²) in [7, 11) is 0. The van der Waals surface area contributed by atoms with Gasteiger partial charge in [-0.2, -0.15) is 10.4 Å². The molecular weight excluding hydrogens is 459 g/mol. The van der Waals surface area contributed by atoms with E-state index in [-0.39, 0.29) is 12.4 Å². The van der Waals surface area contributed by atoms with Crippen molar-refractivity contribution in [2.45, 2.75) is 38.8 Å². The van der Waals surface area contributed by atoms with E-state index >= 15 is 0 Å². The minimum absolute atomic E-state index is 0. The molecule has 34 heavy (non-hydrogen) atoms. The number of ether oxygens (including phenoxy) is 1. The summed E-state index contributed by atoms with van der Waals surface area (Å²) in [6.07, 6.45) is 6.02. The van der Waals surface area contributed by atoms with E-state index in [0.717, 1.165) is 49.1 Å². The zero-order valence-electron chi connectivity index (χ0n) is 18.8. The maximum atomic E-state index is 13.3. The second-order valence-corrected chi connectivity index (χ2v) is 8.17. The van der Waals surface area contributed by atoms with Gasteiger partial charge in [0, 0.05) is 11.8 Å². The first kappa shape index (κ1) is 23.6. The van der Waals surface area contributed by atoms with Gasteiger partial charge in [-0.05, 0) is 58.0 Å². The number of aromatic nitrogens is 6. The van der Waals surface area contributed by atoms with Gasteiger partial charge >= 0.3 is 0 Å². The van der Waals surface area contributed by atoms with Crippen molar-refractivity contribution >= 4 is 17.9 Å². The number of hydrogen-bond donors (Lipinski definition) is 1. The molecule has 1 saturated heterocycles. The number of hydrogen-bond acceptors (Lipinski definition) is 7. The predicted molar refractivity (Wildman–Crippen MR) is 125 cm³/mol. The summed E-state index contributed by atoms with van der Waals surface area (Å²) >= 11 is 0. The van der Waals surface area contributed by atoms with E-state index in [0.29, 0.717) is 28.6 Å². The second kappa shape index (κ2) is 9.75. The lowest BCUT2D eigenvalue weighted by atomic mass is 10.1. The Morgan fingerprint density at radius 2 is 2.06 bits per heavy atom. The molecule has 1 N–H and O–H groups in total. The van der Waals surface area contributed by atoms with Crippen molar-refractivity contribution < 1.29 is 9.13 Å². The van der Waals surface area contributed by atoms with E-state index in [9.17, 15) is 9.65 Å². The number of piperidine rings is 1. The number of pyridine rings is 2. The van der Waals surface area contributed by atoms with Crippen LogP contribution in [0.4, 0.5) is 4.39 Å². The molecule has 0 aromatic carbocycles. The lowest BCUT2D eigenvalue weighted by Gasteiger charge is -2.23. The van der Waals surface area contributed by atoms with E-state index in [1.165, 1.54) is 12.3 Å². The number of rotatable bonds is 5. The molecule has 9 nitrogen and oxygen atoms in total. The third kappa shape index (κ3) is 4.32. The molecule has 5 heterocycles. The number of nitrogens with zero attached hydrogens (tertiary/aromatic N) is 7. The van der Waals surface area contributed by atoms with Crippen LogP contribution in [0.2, 0.25) is 0 Å². The van der Waals surface area contributed by atoms with Crippen molar-refractivity contribution in [3.8, 4) is 23.1 Å². The van der Waals surface area contributed by atoms with Crippen LogP contribution < -0.4 is 10.1 Å². The highest BCUT2D eigenvalue weighted by Gasteiger charge is 2.23. The SMILES string of the molecule is Cc1c(-c2cc(O[C@H](C)c3ccc(F)cn3)c3c(C#N)cnn3c2)nnn1C1CCNCC1.Cl. The molecule has 5 rings (SSSR count). The molecule has 0 spiro atoms. The molecule has 1 fully saturated rings. The molecular formula is C23H24ClFN8O. The highest BCUT2D eigenvalue weighted by Crippen LogP contribution is 2.34. The van der Waals surface area contributed by atoms with Crippen LogP contribution in [-0.2, 0) is 0 Å². The van der Waals surface area contributed by atoms with Gasteiger partial charge in [0.1, 0.15) is 40.5 Å². The Labute approximate surface area is 202 Å². The molecule has 0 aliphatic carbocycles.